The number of rotatable bonds is 9. The summed E-state index contributed by atoms with van der Waals surface area (Å²) in [6.45, 7) is 3.74. The van der Waals surface area contributed by atoms with E-state index < -0.39 is 0 Å². The number of benzene rings is 3. The first-order chi connectivity index (χ1) is 16.5. The predicted octanol–water partition coefficient (Wildman–Crippen LogP) is 5.09. The predicted molar refractivity (Wildman–Crippen MR) is 133 cm³/mol. The number of para-hydroxylation sites is 2. The summed E-state index contributed by atoms with van der Waals surface area (Å²) < 4.78 is 7.89. The van der Waals surface area contributed by atoms with E-state index in [0.717, 1.165) is 17.0 Å². The van der Waals surface area contributed by atoms with Crippen LogP contribution in [0.15, 0.2) is 84.0 Å². The summed E-state index contributed by atoms with van der Waals surface area (Å²) in [7, 11) is 0. The zero-order chi connectivity index (χ0) is 23.9. The summed E-state index contributed by atoms with van der Waals surface area (Å²) >= 11 is 1.29. The second kappa shape index (κ2) is 10.8. The molecule has 0 aliphatic rings. The molecule has 0 radical (unpaired) electrons. The van der Waals surface area contributed by atoms with Gasteiger partial charge >= 0.3 is 0 Å². The Morgan fingerprint density at radius 1 is 0.941 bits per heavy atom. The highest BCUT2D eigenvalue weighted by atomic mass is 32.2. The monoisotopic (exact) mass is 472 g/mol. The number of carbonyl (C=O) groups is 2. The van der Waals surface area contributed by atoms with Crippen molar-refractivity contribution in [3.63, 3.8) is 0 Å². The fraction of sp³-hybridized carbons (Fsp3) is 0.154. The molecule has 0 atom stereocenters. The highest BCUT2D eigenvalue weighted by molar-refractivity contribution is 7.99. The van der Waals surface area contributed by atoms with E-state index >= 15 is 0 Å². The van der Waals surface area contributed by atoms with E-state index in [1.807, 2.05) is 66.1 Å². The minimum absolute atomic E-state index is 0.0177. The molecule has 3 aromatic carbocycles. The molecule has 7 nitrogen and oxygen atoms in total. The Bertz CT molecular complexity index is 1290. The molecule has 34 heavy (non-hydrogen) atoms. The Morgan fingerprint density at radius 3 is 2.35 bits per heavy atom. The van der Waals surface area contributed by atoms with E-state index in [-0.39, 0.29) is 24.1 Å². The molecule has 1 amide bonds. The summed E-state index contributed by atoms with van der Waals surface area (Å²) in [5.74, 6) is 1.38. The SMILES string of the molecule is CC(=O)c1ccc(NC(=O)CSc2nnc(COc3ccccc3C)n2-c2ccccc2)cc1. The number of hydrogen-bond acceptors (Lipinski definition) is 6. The molecule has 0 fully saturated rings. The maximum atomic E-state index is 12.5. The molecule has 8 heteroatoms. The Morgan fingerprint density at radius 2 is 1.65 bits per heavy atom. The number of aromatic nitrogens is 3. The van der Waals surface area contributed by atoms with Crippen molar-refractivity contribution in [1.29, 1.82) is 0 Å². The van der Waals surface area contributed by atoms with Crippen molar-refractivity contribution in [1.82, 2.24) is 14.8 Å². The maximum Gasteiger partial charge on any atom is 0.234 e. The van der Waals surface area contributed by atoms with Gasteiger partial charge in [0.25, 0.3) is 0 Å². The summed E-state index contributed by atoms with van der Waals surface area (Å²) in [6.07, 6.45) is 0. The molecule has 172 valence electrons. The van der Waals surface area contributed by atoms with Crippen molar-refractivity contribution in [2.24, 2.45) is 0 Å². The van der Waals surface area contributed by atoms with E-state index in [4.69, 9.17) is 4.74 Å². The van der Waals surface area contributed by atoms with Crippen LogP contribution in [0.1, 0.15) is 28.7 Å². The van der Waals surface area contributed by atoms with Crippen LogP contribution < -0.4 is 10.1 Å². The van der Waals surface area contributed by atoms with Gasteiger partial charge in [-0.05, 0) is 61.9 Å². The van der Waals surface area contributed by atoms with E-state index in [2.05, 4.69) is 15.5 Å². The summed E-state index contributed by atoms with van der Waals surface area (Å²) in [4.78, 5) is 23.9. The summed E-state index contributed by atoms with van der Waals surface area (Å²) in [5.41, 5.74) is 3.16. The second-order valence-electron chi connectivity index (χ2n) is 7.59. The first kappa shape index (κ1) is 23.3. The molecular weight excluding hydrogens is 448 g/mol. The summed E-state index contributed by atoms with van der Waals surface area (Å²) in [6, 6.07) is 24.4. The van der Waals surface area contributed by atoms with Crippen LogP contribution in [0.2, 0.25) is 0 Å². The number of ketones is 1. The number of carbonyl (C=O) groups excluding carboxylic acids is 2. The minimum Gasteiger partial charge on any atom is -0.485 e. The van der Waals surface area contributed by atoms with Crippen LogP contribution in [0, 0.1) is 6.92 Å². The largest absolute Gasteiger partial charge is 0.485 e. The average Bonchev–Trinajstić information content (AvgIpc) is 3.26. The van der Waals surface area contributed by atoms with Crippen LogP contribution in [0.25, 0.3) is 5.69 Å². The van der Waals surface area contributed by atoms with Crippen molar-refractivity contribution in [3.8, 4) is 11.4 Å². The first-order valence-electron chi connectivity index (χ1n) is 10.7. The van der Waals surface area contributed by atoms with Gasteiger partial charge in [-0.3, -0.25) is 14.2 Å². The number of nitrogens with one attached hydrogen (secondary N) is 1. The van der Waals surface area contributed by atoms with Crippen LogP contribution in [0.4, 0.5) is 5.69 Å². The number of hydrogen-bond donors (Lipinski definition) is 1. The highest BCUT2D eigenvalue weighted by Gasteiger charge is 2.17. The number of ether oxygens (including phenoxy) is 1. The topological polar surface area (TPSA) is 86.1 Å². The van der Waals surface area contributed by atoms with Gasteiger partial charge in [0, 0.05) is 16.9 Å². The van der Waals surface area contributed by atoms with Crippen molar-refractivity contribution >= 4 is 29.1 Å². The molecule has 1 aromatic heterocycles. The maximum absolute atomic E-state index is 12.5. The number of anilines is 1. The number of Topliss-reactive ketones (excluding diaryl/α,β-unsaturated/α-hetero) is 1. The normalized spacial score (nSPS) is 10.6. The Balaban J connectivity index is 1.47. The minimum atomic E-state index is -0.180. The van der Waals surface area contributed by atoms with Gasteiger partial charge in [-0.15, -0.1) is 10.2 Å². The fourth-order valence-corrected chi connectivity index (χ4v) is 4.07. The Labute approximate surface area is 202 Å². The molecule has 0 aliphatic heterocycles. The third-order valence-electron chi connectivity index (χ3n) is 5.07. The third-order valence-corrected chi connectivity index (χ3v) is 6.00. The van der Waals surface area contributed by atoms with Gasteiger partial charge in [0.15, 0.2) is 16.8 Å². The zero-order valence-electron chi connectivity index (χ0n) is 18.9. The van der Waals surface area contributed by atoms with E-state index in [1.54, 1.807) is 24.3 Å². The van der Waals surface area contributed by atoms with E-state index in [9.17, 15) is 9.59 Å². The molecule has 0 unspecified atom stereocenters. The molecule has 0 saturated heterocycles. The van der Waals surface area contributed by atoms with Gasteiger partial charge in [-0.1, -0.05) is 48.2 Å². The lowest BCUT2D eigenvalue weighted by molar-refractivity contribution is -0.113. The lowest BCUT2D eigenvalue weighted by atomic mass is 10.1. The summed E-state index contributed by atoms with van der Waals surface area (Å²) in [5, 5.41) is 12.1. The highest BCUT2D eigenvalue weighted by Crippen LogP contribution is 2.24. The first-order valence-corrected chi connectivity index (χ1v) is 11.7. The zero-order valence-corrected chi connectivity index (χ0v) is 19.7. The van der Waals surface area contributed by atoms with Gasteiger partial charge in [-0.2, -0.15) is 0 Å². The molecule has 1 N–H and O–H groups in total. The van der Waals surface area contributed by atoms with E-state index in [0.29, 0.717) is 22.2 Å². The molecular formula is C26H24N4O3S. The fourth-order valence-electron chi connectivity index (χ4n) is 3.30. The molecule has 0 aliphatic carbocycles. The van der Waals surface area contributed by atoms with Crippen LogP contribution in [0.3, 0.4) is 0 Å². The number of amides is 1. The van der Waals surface area contributed by atoms with Gasteiger partial charge in [0.1, 0.15) is 12.4 Å². The number of thioether (sulfide) groups is 1. The van der Waals surface area contributed by atoms with Gasteiger partial charge in [0.05, 0.1) is 5.75 Å². The average molecular weight is 473 g/mol. The van der Waals surface area contributed by atoms with Gasteiger partial charge < -0.3 is 10.1 Å². The molecule has 1 heterocycles. The Kier molecular flexibility index (Phi) is 7.39. The second-order valence-corrected chi connectivity index (χ2v) is 8.54. The Hall–Kier alpha value is -3.91. The van der Waals surface area contributed by atoms with Crippen molar-refractivity contribution in [3.05, 3.63) is 95.8 Å². The lowest BCUT2D eigenvalue weighted by Crippen LogP contribution is -2.15. The number of aryl methyl sites for hydroxylation is 1. The van der Waals surface area contributed by atoms with Gasteiger partial charge in [0.2, 0.25) is 5.91 Å². The standard InChI is InChI=1S/C26H24N4O3S/c1-18-8-6-7-11-23(18)33-16-24-28-29-26(30(24)22-9-4-3-5-10-22)34-17-25(32)27-21-14-12-20(13-15-21)19(2)31/h3-15H,16-17H2,1-2H3,(H,27,32). The molecule has 4 aromatic rings. The smallest absolute Gasteiger partial charge is 0.234 e. The van der Waals surface area contributed by atoms with E-state index in [1.165, 1.54) is 18.7 Å². The van der Waals surface area contributed by atoms with Crippen LogP contribution >= 0.6 is 11.8 Å². The lowest BCUT2D eigenvalue weighted by Gasteiger charge is -2.12. The third kappa shape index (κ3) is 5.71. The van der Waals surface area contributed by atoms with Crippen molar-refractivity contribution < 1.29 is 14.3 Å². The molecule has 0 saturated carbocycles. The van der Waals surface area contributed by atoms with Crippen LogP contribution in [0.5, 0.6) is 5.75 Å². The quantitative estimate of drug-likeness (QED) is 0.270. The number of nitrogens with zero attached hydrogens (tertiary/aromatic N) is 3. The van der Waals surface area contributed by atoms with Crippen LogP contribution in [-0.4, -0.2) is 32.2 Å². The van der Waals surface area contributed by atoms with Gasteiger partial charge in [-0.25, -0.2) is 0 Å². The van der Waals surface area contributed by atoms with Crippen molar-refractivity contribution in [2.75, 3.05) is 11.1 Å². The molecule has 4 rings (SSSR count). The molecule has 0 spiro atoms. The van der Waals surface area contributed by atoms with Crippen LogP contribution in [-0.2, 0) is 11.4 Å². The molecule has 0 bridgehead atoms. The van der Waals surface area contributed by atoms with Crippen molar-refractivity contribution in [2.45, 2.75) is 25.6 Å².